The molecule has 0 aliphatic heterocycles. The van der Waals surface area contributed by atoms with Crippen molar-refractivity contribution in [3.63, 3.8) is 0 Å². The van der Waals surface area contributed by atoms with E-state index in [0.717, 1.165) is 15.6 Å². The van der Waals surface area contributed by atoms with Crippen molar-refractivity contribution in [3.05, 3.63) is 52.5 Å². The molecule has 0 saturated carbocycles. The zero-order valence-corrected chi connectivity index (χ0v) is 15.6. The van der Waals surface area contributed by atoms with Gasteiger partial charge in [0, 0.05) is 15.8 Å². The largest absolute Gasteiger partial charge is 0.493 e. The Balaban J connectivity index is 1.68. The topological polar surface area (TPSA) is 57.4 Å². The molecule has 0 saturated heterocycles. The zero-order chi connectivity index (χ0) is 16.9. The van der Waals surface area contributed by atoms with Crippen molar-refractivity contribution in [1.29, 1.82) is 0 Å². The summed E-state index contributed by atoms with van der Waals surface area (Å²) < 4.78 is 16.9. The Bertz CT molecular complexity index is 821. The molecule has 124 valence electrons. The van der Waals surface area contributed by atoms with Crippen LogP contribution in [0.15, 0.2) is 56.6 Å². The number of benzene rings is 2. The van der Waals surface area contributed by atoms with Gasteiger partial charge in [0.2, 0.25) is 5.16 Å². The molecule has 0 amide bonds. The van der Waals surface area contributed by atoms with E-state index >= 15 is 0 Å². The second-order valence-corrected chi connectivity index (χ2v) is 6.73. The monoisotopic (exact) mass is 406 g/mol. The highest BCUT2D eigenvalue weighted by molar-refractivity contribution is 9.10. The third-order valence-electron chi connectivity index (χ3n) is 3.31. The average Bonchev–Trinajstić information content (AvgIpc) is 3.09. The average molecular weight is 407 g/mol. The number of rotatable bonds is 6. The minimum absolute atomic E-state index is 0.511. The van der Waals surface area contributed by atoms with Gasteiger partial charge in [0.1, 0.15) is 0 Å². The van der Waals surface area contributed by atoms with E-state index in [1.54, 1.807) is 14.2 Å². The van der Waals surface area contributed by atoms with Crippen LogP contribution in [0.5, 0.6) is 11.5 Å². The van der Waals surface area contributed by atoms with Gasteiger partial charge in [0.25, 0.3) is 5.89 Å². The molecular weight excluding hydrogens is 392 g/mol. The van der Waals surface area contributed by atoms with Gasteiger partial charge in [-0.15, -0.1) is 0 Å². The Labute approximate surface area is 152 Å². The summed E-state index contributed by atoms with van der Waals surface area (Å²) in [5.74, 6) is 2.64. The van der Waals surface area contributed by atoms with Crippen LogP contribution in [0.3, 0.4) is 0 Å². The van der Waals surface area contributed by atoms with Crippen LogP contribution < -0.4 is 9.47 Å². The summed E-state index contributed by atoms with van der Waals surface area (Å²) in [5.41, 5.74) is 1.98. The molecule has 5 nitrogen and oxygen atoms in total. The first kappa shape index (κ1) is 16.9. The predicted octanol–water partition coefficient (Wildman–Crippen LogP) is 4.81. The first-order valence-electron chi connectivity index (χ1n) is 7.13. The maximum absolute atomic E-state index is 5.32. The summed E-state index contributed by atoms with van der Waals surface area (Å²) in [6.45, 7) is 0. The standard InChI is InChI=1S/C17H15BrN2O3S/c1-21-14-8-3-11(9-15(14)22-2)10-24-17-19-16(23-20-17)12-4-6-13(18)7-5-12/h3-9H,10H2,1-2H3. The predicted molar refractivity (Wildman–Crippen MR) is 96.5 cm³/mol. The summed E-state index contributed by atoms with van der Waals surface area (Å²) in [4.78, 5) is 4.42. The van der Waals surface area contributed by atoms with Crippen molar-refractivity contribution in [2.24, 2.45) is 0 Å². The highest BCUT2D eigenvalue weighted by Crippen LogP contribution is 2.30. The van der Waals surface area contributed by atoms with Gasteiger partial charge in [-0.2, -0.15) is 4.98 Å². The number of nitrogens with zero attached hydrogens (tertiary/aromatic N) is 2. The number of ether oxygens (including phenoxy) is 2. The summed E-state index contributed by atoms with van der Waals surface area (Å²) in [6, 6.07) is 13.6. The highest BCUT2D eigenvalue weighted by Gasteiger charge is 2.10. The van der Waals surface area contributed by atoms with Crippen molar-refractivity contribution < 1.29 is 14.0 Å². The quantitative estimate of drug-likeness (QED) is 0.547. The summed E-state index contributed by atoms with van der Waals surface area (Å²) >= 11 is 4.91. The van der Waals surface area contributed by atoms with Crippen molar-refractivity contribution in [1.82, 2.24) is 10.1 Å². The summed E-state index contributed by atoms with van der Waals surface area (Å²) in [7, 11) is 3.24. The number of aromatic nitrogens is 2. The zero-order valence-electron chi connectivity index (χ0n) is 13.2. The third-order valence-corrected chi connectivity index (χ3v) is 4.74. The van der Waals surface area contributed by atoms with Crippen molar-refractivity contribution in [3.8, 4) is 23.0 Å². The van der Waals surface area contributed by atoms with Crippen molar-refractivity contribution in [2.45, 2.75) is 10.9 Å². The van der Waals surface area contributed by atoms with Gasteiger partial charge in [0.15, 0.2) is 11.5 Å². The lowest BCUT2D eigenvalue weighted by atomic mass is 10.2. The van der Waals surface area contributed by atoms with Gasteiger partial charge in [0.05, 0.1) is 14.2 Å². The Morgan fingerprint density at radius 3 is 2.50 bits per heavy atom. The Morgan fingerprint density at radius 1 is 1.04 bits per heavy atom. The molecule has 0 unspecified atom stereocenters. The van der Waals surface area contributed by atoms with E-state index in [1.807, 2.05) is 42.5 Å². The van der Waals surface area contributed by atoms with Gasteiger partial charge >= 0.3 is 0 Å². The lowest BCUT2D eigenvalue weighted by Crippen LogP contribution is -1.92. The smallest absolute Gasteiger partial charge is 0.258 e. The molecule has 0 aliphatic rings. The van der Waals surface area contributed by atoms with E-state index in [9.17, 15) is 0 Å². The third kappa shape index (κ3) is 3.91. The highest BCUT2D eigenvalue weighted by atomic mass is 79.9. The first-order valence-corrected chi connectivity index (χ1v) is 8.91. The number of thioether (sulfide) groups is 1. The van der Waals surface area contributed by atoms with Crippen LogP contribution >= 0.6 is 27.7 Å². The summed E-state index contributed by atoms with van der Waals surface area (Å²) in [5, 5.41) is 4.62. The molecule has 3 aromatic rings. The van der Waals surface area contributed by atoms with Gasteiger partial charge in [-0.1, -0.05) is 33.8 Å². The van der Waals surface area contributed by atoms with E-state index in [1.165, 1.54) is 11.8 Å². The normalized spacial score (nSPS) is 10.6. The van der Waals surface area contributed by atoms with E-state index in [-0.39, 0.29) is 0 Å². The molecular formula is C17H15BrN2O3S. The summed E-state index contributed by atoms with van der Waals surface area (Å²) in [6.07, 6.45) is 0. The number of hydrogen-bond acceptors (Lipinski definition) is 6. The second kappa shape index (κ2) is 7.72. The van der Waals surface area contributed by atoms with Crippen LogP contribution in [-0.2, 0) is 5.75 Å². The molecule has 0 radical (unpaired) electrons. The maximum Gasteiger partial charge on any atom is 0.258 e. The molecule has 0 N–H and O–H groups in total. The van der Waals surface area contributed by atoms with Crippen LogP contribution in [-0.4, -0.2) is 24.4 Å². The second-order valence-electron chi connectivity index (χ2n) is 4.87. The fourth-order valence-corrected chi connectivity index (χ4v) is 3.07. The van der Waals surface area contributed by atoms with E-state index in [0.29, 0.717) is 28.3 Å². The number of hydrogen-bond donors (Lipinski definition) is 0. The molecule has 0 aliphatic carbocycles. The Hall–Kier alpha value is -1.99. The van der Waals surface area contributed by atoms with E-state index < -0.39 is 0 Å². The van der Waals surface area contributed by atoms with Gasteiger partial charge in [-0.3, -0.25) is 0 Å². The van der Waals surface area contributed by atoms with Crippen molar-refractivity contribution in [2.75, 3.05) is 14.2 Å². The minimum Gasteiger partial charge on any atom is -0.493 e. The molecule has 3 rings (SSSR count). The molecule has 0 bridgehead atoms. The molecule has 0 atom stereocenters. The minimum atomic E-state index is 0.511. The SMILES string of the molecule is COc1ccc(CSc2noc(-c3ccc(Br)cc3)n2)cc1OC. The molecule has 24 heavy (non-hydrogen) atoms. The van der Waals surface area contributed by atoms with Gasteiger partial charge in [-0.25, -0.2) is 0 Å². The van der Waals surface area contributed by atoms with E-state index in [4.69, 9.17) is 14.0 Å². The molecule has 7 heteroatoms. The van der Waals surface area contributed by atoms with Gasteiger partial charge in [-0.05, 0) is 47.1 Å². The fourth-order valence-electron chi connectivity index (χ4n) is 2.10. The number of methoxy groups -OCH3 is 2. The molecule has 2 aromatic carbocycles. The van der Waals surface area contributed by atoms with Crippen LogP contribution in [0, 0.1) is 0 Å². The molecule has 1 aromatic heterocycles. The van der Waals surface area contributed by atoms with Gasteiger partial charge < -0.3 is 14.0 Å². The van der Waals surface area contributed by atoms with Crippen LogP contribution in [0.1, 0.15) is 5.56 Å². The fraction of sp³-hybridized carbons (Fsp3) is 0.176. The van der Waals surface area contributed by atoms with E-state index in [2.05, 4.69) is 26.1 Å². The van der Waals surface area contributed by atoms with Crippen molar-refractivity contribution >= 4 is 27.7 Å². The lowest BCUT2D eigenvalue weighted by molar-refractivity contribution is 0.354. The lowest BCUT2D eigenvalue weighted by Gasteiger charge is -2.08. The van der Waals surface area contributed by atoms with Crippen LogP contribution in [0.4, 0.5) is 0 Å². The van der Waals surface area contributed by atoms with Crippen LogP contribution in [0.25, 0.3) is 11.5 Å². The molecule has 0 spiro atoms. The van der Waals surface area contributed by atoms with Crippen LogP contribution in [0.2, 0.25) is 0 Å². The Morgan fingerprint density at radius 2 is 1.79 bits per heavy atom. The maximum atomic E-state index is 5.32. The number of halogens is 1. The molecule has 0 fully saturated rings. The first-order chi connectivity index (χ1) is 11.7. The Kier molecular flexibility index (Phi) is 5.42. The molecule has 1 heterocycles.